The second kappa shape index (κ2) is 9.06. The fraction of sp³-hybridized carbons (Fsp3) is 0.414. The van der Waals surface area contributed by atoms with Crippen molar-refractivity contribution in [1.29, 1.82) is 5.26 Å². The smallest absolute Gasteiger partial charge is 0.410 e. The molecule has 206 valence electrons. The van der Waals surface area contributed by atoms with E-state index in [9.17, 15) is 15.2 Å². The lowest BCUT2D eigenvalue weighted by atomic mass is 9.78. The summed E-state index contributed by atoms with van der Waals surface area (Å²) in [4.78, 5) is 21.6. The van der Waals surface area contributed by atoms with Crippen molar-refractivity contribution in [3.8, 4) is 28.3 Å². The average molecular weight is 541 g/mol. The van der Waals surface area contributed by atoms with E-state index in [-0.39, 0.29) is 24.8 Å². The molecule has 1 N–H and O–H groups in total. The fourth-order valence-corrected chi connectivity index (χ4v) is 5.96. The third-order valence-corrected chi connectivity index (χ3v) is 7.84. The van der Waals surface area contributed by atoms with Gasteiger partial charge in [-0.2, -0.15) is 15.5 Å². The van der Waals surface area contributed by atoms with E-state index >= 15 is 0 Å². The minimum atomic E-state index is -0.591. The van der Waals surface area contributed by atoms with Crippen molar-refractivity contribution in [3.63, 3.8) is 0 Å². The molecule has 4 aromatic heterocycles. The first-order chi connectivity index (χ1) is 19.0. The van der Waals surface area contributed by atoms with Gasteiger partial charge in [0.1, 0.15) is 17.5 Å². The first kappa shape index (κ1) is 25.8. The molecule has 1 amide bonds. The fourth-order valence-electron chi connectivity index (χ4n) is 5.96. The van der Waals surface area contributed by atoms with E-state index in [0.717, 1.165) is 28.1 Å². The molecule has 0 aliphatic carbocycles. The Hall–Kier alpha value is -4.43. The first-order valence-corrected chi connectivity index (χ1v) is 13.3. The number of ether oxygens (including phenoxy) is 1. The summed E-state index contributed by atoms with van der Waals surface area (Å²) < 4.78 is 9.11. The predicted octanol–water partition coefficient (Wildman–Crippen LogP) is 3.47. The Morgan fingerprint density at radius 1 is 1.18 bits per heavy atom. The molecule has 0 aromatic carbocycles. The number of carbonyl (C=O) groups excluding carboxylic acids is 1. The quantitative estimate of drug-likeness (QED) is 0.417. The highest BCUT2D eigenvalue weighted by Crippen LogP contribution is 2.46. The molecule has 0 bridgehead atoms. The van der Waals surface area contributed by atoms with Gasteiger partial charge in [-0.15, -0.1) is 0 Å². The molecule has 11 heteroatoms. The van der Waals surface area contributed by atoms with Crippen LogP contribution in [0, 0.1) is 16.7 Å². The van der Waals surface area contributed by atoms with E-state index in [1.807, 2.05) is 65.3 Å². The standard InChI is InChI=1S/C29H32N8O3/c1-28(2,3)40-27(39)36-16-29(4,17-38)26-23(36)15-35(26)24-7-6-18(10-31-24)22-8-19(21-12-32-34(5)13-21)14-37-25(22)20(9-30)11-33-37/h6-8,10-14,23,26,38H,15-17H2,1-5H3/t23-,26+,29?/m0/s1. The lowest BCUT2D eigenvalue weighted by Crippen LogP contribution is -2.66. The Labute approximate surface area is 232 Å². The molecule has 0 radical (unpaired) electrons. The molecule has 0 saturated carbocycles. The van der Waals surface area contributed by atoms with Crippen molar-refractivity contribution in [2.24, 2.45) is 12.5 Å². The number of carbonyl (C=O) groups is 1. The van der Waals surface area contributed by atoms with Gasteiger partial charge in [0.15, 0.2) is 0 Å². The molecular formula is C29H32N8O3. The molecular weight excluding hydrogens is 508 g/mol. The number of hydrogen-bond acceptors (Lipinski definition) is 8. The largest absolute Gasteiger partial charge is 0.444 e. The van der Waals surface area contributed by atoms with Crippen LogP contribution in [0.2, 0.25) is 0 Å². The number of nitriles is 1. The Bertz CT molecular complexity index is 1640. The number of anilines is 1. The van der Waals surface area contributed by atoms with Gasteiger partial charge in [0.2, 0.25) is 0 Å². The van der Waals surface area contributed by atoms with E-state index in [1.54, 1.807) is 32.7 Å². The van der Waals surface area contributed by atoms with Crippen LogP contribution in [0.5, 0.6) is 0 Å². The third kappa shape index (κ3) is 4.16. The number of aliphatic hydroxyl groups is 1. The van der Waals surface area contributed by atoms with Crippen LogP contribution in [0.15, 0.2) is 49.2 Å². The summed E-state index contributed by atoms with van der Waals surface area (Å²) in [5.41, 5.74) is 3.64. The number of amides is 1. The van der Waals surface area contributed by atoms with E-state index < -0.39 is 11.0 Å². The van der Waals surface area contributed by atoms with Gasteiger partial charge in [0.25, 0.3) is 0 Å². The van der Waals surface area contributed by atoms with Gasteiger partial charge in [-0.25, -0.2) is 14.3 Å². The highest BCUT2D eigenvalue weighted by molar-refractivity contribution is 5.87. The molecule has 2 fully saturated rings. The average Bonchev–Trinajstić information content (AvgIpc) is 3.57. The number of fused-ring (bicyclic) bond motifs is 2. The maximum absolute atomic E-state index is 12.9. The second-order valence-corrected chi connectivity index (χ2v) is 12.0. The predicted molar refractivity (Wildman–Crippen MR) is 148 cm³/mol. The topological polar surface area (TPSA) is 125 Å². The van der Waals surface area contributed by atoms with Gasteiger partial charge in [0.05, 0.1) is 42.2 Å². The summed E-state index contributed by atoms with van der Waals surface area (Å²) in [5, 5.41) is 28.8. The summed E-state index contributed by atoms with van der Waals surface area (Å²) >= 11 is 0. The summed E-state index contributed by atoms with van der Waals surface area (Å²) in [6, 6.07) is 8.08. The van der Waals surface area contributed by atoms with Crippen LogP contribution in [-0.4, -0.2) is 77.9 Å². The van der Waals surface area contributed by atoms with E-state index in [4.69, 9.17) is 9.72 Å². The Morgan fingerprint density at radius 3 is 2.60 bits per heavy atom. The van der Waals surface area contributed by atoms with Crippen LogP contribution in [-0.2, 0) is 11.8 Å². The summed E-state index contributed by atoms with van der Waals surface area (Å²) in [7, 11) is 1.87. The highest BCUT2D eigenvalue weighted by Gasteiger charge is 2.60. The molecule has 11 nitrogen and oxygen atoms in total. The van der Waals surface area contributed by atoms with Crippen molar-refractivity contribution >= 4 is 17.4 Å². The molecule has 40 heavy (non-hydrogen) atoms. The molecule has 0 spiro atoms. The summed E-state index contributed by atoms with van der Waals surface area (Å²) in [6.45, 7) is 8.52. The number of aryl methyl sites for hydroxylation is 1. The number of pyridine rings is 2. The van der Waals surface area contributed by atoms with Crippen molar-refractivity contribution in [1.82, 2.24) is 29.3 Å². The van der Waals surface area contributed by atoms with E-state index in [2.05, 4.69) is 21.2 Å². The molecule has 3 atom stereocenters. The number of aromatic nitrogens is 5. The summed E-state index contributed by atoms with van der Waals surface area (Å²) in [6.07, 6.45) is 8.64. The Kier molecular flexibility index (Phi) is 5.85. The van der Waals surface area contributed by atoms with Gasteiger partial charge in [-0.1, -0.05) is 6.92 Å². The molecule has 6 rings (SSSR count). The molecule has 6 heterocycles. The second-order valence-electron chi connectivity index (χ2n) is 12.0. The van der Waals surface area contributed by atoms with Crippen LogP contribution in [0.4, 0.5) is 10.6 Å². The monoisotopic (exact) mass is 540 g/mol. The van der Waals surface area contributed by atoms with Gasteiger partial charge in [-0.05, 0) is 39.0 Å². The zero-order chi connectivity index (χ0) is 28.4. The molecule has 1 unspecified atom stereocenters. The number of rotatable bonds is 4. The molecule has 2 aliphatic rings. The van der Waals surface area contributed by atoms with Crippen LogP contribution >= 0.6 is 0 Å². The van der Waals surface area contributed by atoms with E-state index in [0.29, 0.717) is 24.2 Å². The van der Waals surface area contributed by atoms with Gasteiger partial charge >= 0.3 is 6.09 Å². The SMILES string of the molecule is Cn1cc(-c2cc(-c3ccc(N4C[C@H]5[C@@H]4C(C)(CO)CN5C(=O)OC(C)(C)C)nc3)c3c(C#N)cnn3c2)cn1. The van der Waals surface area contributed by atoms with E-state index in [1.165, 1.54) is 0 Å². The number of likely N-dealkylation sites (tertiary alicyclic amines) is 1. The van der Waals surface area contributed by atoms with Crippen molar-refractivity contribution in [3.05, 3.63) is 54.7 Å². The maximum Gasteiger partial charge on any atom is 0.410 e. The minimum Gasteiger partial charge on any atom is -0.444 e. The maximum atomic E-state index is 12.9. The lowest BCUT2D eigenvalue weighted by molar-refractivity contribution is 0.0188. The minimum absolute atomic E-state index is 0.0562. The van der Waals surface area contributed by atoms with Crippen LogP contribution < -0.4 is 4.90 Å². The number of hydrogen-bond donors (Lipinski definition) is 1. The lowest BCUT2D eigenvalue weighted by Gasteiger charge is -2.51. The molecule has 4 aromatic rings. The van der Waals surface area contributed by atoms with Gasteiger partial charge < -0.3 is 19.6 Å². The van der Waals surface area contributed by atoms with Crippen molar-refractivity contribution in [2.75, 3.05) is 24.6 Å². The normalized spacial score (nSPS) is 22.2. The number of nitrogens with zero attached hydrogens (tertiary/aromatic N) is 8. The van der Waals surface area contributed by atoms with Crippen LogP contribution in [0.1, 0.15) is 33.3 Å². The van der Waals surface area contributed by atoms with Crippen molar-refractivity contribution < 1.29 is 14.6 Å². The van der Waals surface area contributed by atoms with Gasteiger partial charge in [0, 0.05) is 66.4 Å². The highest BCUT2D eigenvalue weighted by atomic mass is 16.6. The zero-order valence-corrected chi connectivity index (χ0v) is 23.2. The van der Waals surface area contributed by atoms with Crippen molar-refractivity contribution in [2.45, 2.75) is 45.4 Å². The van der Waals surface area contributed by atoms with Crippen LogP contribution in [0.25, 0.3) is 27.8 Å². The Morgan fingerprint density at radius 2 is 1.98 bits per heavy atom. The first-order valence-electron chi connectivity index (χ1n) is 13.3. The Balaban J connectivity index is 1.32. The zero-order valence-electron chi connectivity index (χ0n) is 23.2. The number of aliphatic hydroxyl groups excluding tert-OH is 1. The molecule has 2 aliphatic heterocycles. The molecule has 2 saturated heterocycles. The van der Waals surface area contributed by atoms with Crippen LogP contribution in [0.3, 0.4) is 0 Å². The third-order valence-electron chi connectivity index (χ3n) is 7.84. The summed E-state index contributed by atoms with van der Waals surface area (Å²) in [5.74, 6) is 0.768. The van der Waals surface area contributed by atoms with Gasteiger partial charge in [-0.3, -0.25) is 4.68 Å².